The molecule has 162 valence electrons. The average molecular weight is 421 g/mol. The summed E-state index contributed by atoms with van der Waals surface area (Å²) in [6.07, 6.45) is 3.90. The second-order valence-corrected chi connectivity index (χ2v) is 7.36. The molecule has 0 aliphatic heterocycles. The molecule has 0 spiro atoms. The Morgan fingerprint density at radius 3 is 2.71 bits per heavy atom. The van der Waals surface area contributed by atoms with E-state index >= 15 is 0 Å². The lowest BCUT2D eigenvalue weighted by Gasteiger charge is -2.14. The molecule has 3 aromatic rings. The van der Waals surface area contributed by atoms with Gasteiger partial charge in [-0.25, -0.2) is 0 Å². The number of aryl methyl sites for hydroxylation is 1. The van der Waals surface area contributed by atoms with Crippen molar-refractivity contribution in [2.45, 2.75) is 33.6 Å². The fourth-order valence-electron chi connectivity index (χ4n) is 3.01. The van der Waals surface area contributed by atoms with Crippen molar-refractivity contribution in [3.63, 3.8) is 0 Å². The first-order chi connectivity index (χ1) is 14.9. The molecule has 0 bridgehead atoms. The molecule has 2 aromatic carbocycles. The van der Waals surface area contributed by atoms with Gasteiger partial charge in [0.15, 0.2) is 23.9 Å². The van der Waals surface area contributed by atoms with Gasteiger partial charge < -0.3 is 19.3 Å². The predicted octanol–water partition coefficient (Wildman–Crippen LogP) is 5.23. The van der Waals surface area contributed by atoms with Gasteiger partial charge in [-0.15, -0.1) is 0 Å². The van der Waals surface area contributed by atoms with Gasteiger partial charge >= 0.3 is 0 Å². The Balaban J connectivity index is 1.75. The van der Waals surface area contributed by atoms with Gasteiger partial charge in [-0.2, -0.15) is 4.98 Å². The third-order valence-corrected chi connectivity index (χ3v) is 4.63. The Morgan fingerprint density at radius 1 is 1.23 bits per heavy atom. The molecule has 0 fully saturated rings. The standard InChI is InChI=1S/C24H27N3O4/c1-6-8-17-11-12-19(20(13-17)29-5)30-14-21(28)25-22-16(4)9-7-10-18(22)24-26-23(15(2)3)27-31-24/h6-13,15H,14H2,1-5H3,(H,25,28)/b8-6+. The van der Waals surface area contributed by atoms with E-state index in [-0.39, 0.29) is 18.4 Å². The van der Waals surface area contributed by atoms with Gasteiger partial charge in [-0.1, -0.05) is 49.4 Å². The van der Waals surface area contributed by atoms with E-state index < -0.39 is 0 Å². The number of methoxy groups -OCH3 is 1. The number of rotatable bonds is 8. The molecule has 7 nitrogen and oxygen atoms in total. The summed E-state index contributed by atoms with van der Waals surface area (Å²) in [4.78, 5) is 17.1. The van der Waals surface area contributed by atoms with E-state index in [2.05, 4.69) is 15.5 Å². The van der Waals surface area contributed by atoms with E-state index in [1.165, 1.54) is 0 Å². The molecule has 1 aromatic heterocycles. The van der Waals surface area contributed by atoms with Crippen molar-refractivity contribution in [2.75, 3.05) is 19.0 Å². The van der Waals surface area contributed by atoms with Gasteiger partial charge in [0.1, 0.15) is 0 Å². The summed E-state index contributed by atoms with van der Waals surface area (Å²) in [7, 11) is 1.57. The first kappa shape index (κ1) is 22.1. The van der Waals surface area contributed by atoms with Gasteiger partial charge in [-0.05, 0) is 43.2 Å². The van der Waals surface area contributed by atoms with Crippen LogP contribution in [0.25, 0.3) is 17.5 Å². The first-order valence-corrected chi connectivity index (χ1v) is 10.1. The number of benzene rings is 2. The van der Waals surface area contributed by atoms with Crippen LogP contribution in [0, 0.1) is 6.92 Å². The Labute approximate surface area is 182 Å². The highest BCUT2D eigenvalue weighted by atomic mass is 16.5. The molecule has 3 rings (SSSR count). The molecule has 7 heteroatoms. The highest BCUT2D eigenvalue weighted by Gasteiger charge is 2.18. The number of amides is 1. The van der Waals surface area contributed by atoms with E-state index in [1.54, 1.807) is 13.2 Å². The summed E-state index contributed by atoms with van der Waals surface area (Å²) in [5.74, 6) is 1.87. The number of hydrogen-bond donors (Lipinski definition) is 1. The molecule has 0 unspecified atom stereocenters. The monoisotopic (exact) mass is 421 g/mol. The number of ether oxygens (including phenoxy) is 2. The van der Waals surface area contributed by atoms with Crippen LogP contribution in [0.5, 0.6) is 11.5 Å². The normalized spacial score (nSPS) is 11.2. The van der Waals surface area contributed by atoms with Crippen LogP contribution in [-0.4, -0.2) is 29.8 Å². The van der Waals surface area contributed by atoms with E-state index in [1.807, 2.05) is 70.2 Å². The number of carbonyl (C=O) groups is 1. The summed E-state index contributed by atoms with van der Waals surface area (Å²) in [6.45, 7) is 7.66. The second-order valence-electron chi connectivity index (χ2n) is 7.36. The van der Waals surface area contributed by atoms with Gasteiger partial charge in [0.25, 0.3) is 11.8 Å². The third kappa shape index (κ3) is 5.31. The zero-order valence-corrected chi connectivity index (χ0v) is 18.4. The zero-order chi connectivity index (χ0) is 22.4. The number of allylic oxidation sites excluding steroid dienone is 1. The highest BCUT2D eigenvalue weighted by Crippen LogP contribution is 2.31. The van der Waals surface area contributed by atoms with Crippen molar-refractivity contribution in [1.82, 2.24) is 10.1 Å². The maximum atomic E-state index is 12.6. The molecule has 1 amide bonds. The van der Waals surface area contributed by atoms with Crippen LogP contribution < -0.4 is 14.8 Å². The third-order valence-electron chi connectivity index (χ3n) is 4.63. The lowest BCUT2D eigenvalue weighted by Crippen LogP contribution is -2.21. The van der Waals surface area contributed by atoms with Crippen LogP contribution in [0.2, 0.25) is 0 Å². The molecule has 0 aliphatic rings. The van der Waals surface area contributed by atoms with Crippen molar-refractivity contribution < 1.29 is 18.8 Å². The van der Waals surface area contributed by atoms with E-state index in [0.717, 1.165) is 11.1 Å². The zero-order valence-electron chi connectivity index (χ0n) is 18.4. The van der Waals surface area contributed by atoms with E-state index in [4.69, 9.17) is 14.0 Å². The molecule has 0 atom stereocenters. The fraction of sp³-hybridized carbons (Fsp3) is 0.292. The number of anilines is 1. The summed E-state index contributed by atoms with van der Waals surface area (Å²) in [5, 5.41) is 6.93. The summed E-state index contributed by atoms with van der Waals surface area (Å²) in [5.41, 5.74) is 3.15. The SMILES string of the molecule is C/C=C/c1ccc(OCC(=O)Nc2c(C)cccc2-c2nc(C(C)C)no2)c(OC)c1. The quantitative estimate of drug-likeness (QED) is 0.536. The van der Waals surface area contributed by atoms with Crippen molar-refractivity contribution in [3.05, 3.63) is 59.4 Å². The first-order valence-electron chi connectivity index (χ1n) is 10.1. The predicted molar refractivity (Wildman–Crippen MR) is 120 cm³/mol. The maximum Gasteiger partial charge on any atom is 0.262 e. The van der Waals surface area contributed by atoms with Crippen LogP contribution in [0.3, 0.4) is 0 Å². The molecule has 0 saturated heterocycles. The molecular weight excluding hydrogens is 394 g/mol. The number of nitrogens with zero attached hydrogens (tertiary/aromatic N) is 2. The maximum absolute atomic E-state index is 12.6. The second kappa shape index (κ2) is 9.93. The van der Waals surface area contributed by atoms with E-state index in [9.17, 15) is 4.79 Å². The van der Waals surface area contributed by atoms with Crippen molar-refractivity contribution in [1.29, 1.82) is 0 Å². The van der Waals surface area contributed by atoms with Gasteiger partial charge in [0.05, 0.1) is 18.4 Å². The van der Waals surface area contributed by atoms with Crippen LogP contribution >= 0.6 is 0 Å². The Bertz CT molecular complexity index is 1090. The van der Waals surface area contributed by atoms with Crippen LogP contribution in [0.15, 0.2) is 47.0 Å². The lowest BCUT2D eigenvalue weighted by molar-refractivity contribution is -0.118. The molecule has 0 aliphatic carbocycles. The molecule has 31 heavy (non-hydrogen) atoms. The van der Waals surface area contributed by atoms with Crippen LogP contribution in [0.1, 0.15) is 43.6 Å². The molecule has 1 heterocycles. The van der Waals surface area contributed by atoms with Crippen molar-refractivity contribution >= 4 is 17.7 Å². The number of hydrogen-bond acceptors (Lipinski definition) is 6. The smallest absolute Gasteiger partial charge is 0.262 e. The number of aromatic nitrogens is 2. The van der Waals surface area contributed by atoms with Crippen molar-refractivity contribution in [3.8, 4) is 23.0 Å². The minimum atomic E-state index is -0.307. The van der Waals surface area contributed by atoms with Crippen molar-refractivity contribution in [2.24, 2.45) is 0 Å². The summed E-state index contributed by atoms with van der Waals surface area (Å²) >= 11 is 0. The summed E-state index contributed by atoms with van der Waals surface area (Å²) in [6, 6.07) is 11.2. The Hall–Kier alpha value is -3.61. The minimum Gasteiger partial charge on any atom is -0.493 e. The van der Waals surface area contributed by atoms with Gasteiger partial charge in [0, 0.05) is 5.92 Å². The van der Waals surface area contributed by atoms with Crippen LogP contribution in [0.4, 0.5) is 5.69 Å². The van der Waals surface area contributed by atoms with Crippen LogP contribution in [-0.2, 0) is 4.79 Å². The van der Waals surface area contributed by atoms with E-state index in [0.29, 0.717) is 34.5 Å². The number of para-hydroxylation sites is 1. The number of nitrogens with one attached hydrogen (secondary N) is 1. The molecule has 0 saturated carbocycles. The highest BCUT2D eigenvalue weighted by molar-refractivity contribution is 5.96. The minimum absolute atomic E-state index is 0.142. The molecule has 1 N–H and O–H groups in total. The van der Waals surface area contributed by atoms with Gasteiger partial charge in [-0.3, -0.25) is 4.79 Å². The molecular formula is C24H27N3O4. The largest absolute Gasteiger partial charge is 0.493 e. The topological polar surface area (TPSA) is 86.5 Å². The lowest BCUT2D eigenvalue weighted by atomic mass is 10.1. The van der Waals surface area contributed by atoms with Gasteiger partial charge in [0.2, 0.25) is 0 Å². The Morgan fingerprint density at radius 2 is 2.03 bits per heavy atom. The fourth-order valence-corrected chi connectivity index (χ4v) is 3.01. The summed E-state index contributed by atoms with van der Waals surface area (Å²) < 4.78 is 16.5. The number of carbonyl (C=O) groups excluding carboxylic acids is 1. The molecule has 0 radical (unpaired) electrons. The Kier molecular flexibility index (Phi) is 7.07. The average Bonchev–Trinajstić information content (AvgIpc) is 3.25.